The van der Waals surface area contributed by atoms with Crippen LogP contribution in [0.2, 0.25) is 0 Å². The minimum Gasteiger partial charge on any atom is -0.496 e. The third kappa shape index (κ3) is 2.43. The van der Waals surface area contributed by atoms with Gasteiger partial charge in [0.05, 0.1) is 25.3 Å². The Balaban J connectivity index is 2.46. The summed E-state index contributed by atoms with van der Waals surface area (Å²) in [6, 6.07) is 13.6. The second-order valence-electron chi connectivity index (χ2n) is 3.58. The molecule has 0 saturated heterocycles. The molecule has 2 aromatic rings. The molecule has 3 nitrogen and oxygen atoms in total. The molecular formula is C14H12N2O. The van der Waals surface area contributed by atoms with Crippen molar-refractivity contribution in [3.05, 3.63) is 48.2 Å². The first-order valence-electron chi connectivity index (χ1n) is 5.30. The molecule has 0 unspecified atom stereocenters. The fourth-order valence-corrected chi connectivity index (χ4v) is 1.68. The topological polar surface area (TPSA) is 45.9 Å². The van der Waals surface area contributed by atoms with Gasteiger partial charge in [0, 0.05) is 11.8 Å². The Labute approximate surface area is 100 Å². The van der Waals surface area contributed by atoms with Crippen LogP contribution in [0.25, 0.3) is 11.3 Å². The maximum Gasteiger partial charge on any atom is 0.128 e. The largest absolute Gasteiger partial charge is 0.496 e. The maximum atomic E-state index is 8.69. The number of hydrogen-bond acceptors (Lipinski definition) is 3. The lowest BCUT2D eigenvalue weighted by Crippen LogP contribution is -1.91. The van der Waals surface area contributed by atoms with Crippen LogP contribution < -0.4 is 4.74 Å². The molecule has 0 saturated carbocycles. The van der Waals surface area contributed by atoms with Crippen molar-refractivity contribution in [3.8, 4) is 23.1 Å². The van der Waals surface area contributed by atoms with Gasteiger partial charge in [0.25, 0.3) is 0 Å². The zero-order valence-electron chi connectivity index (χ0n) is 9.55. The van der Waals surface area contributed by atoms with Gasteiger partial charge in [-0.2, -0.15) is 5.26 Å². The lowest BCUT2D eigenvalue weighted by Gasteiger charge is -2.07. The standard InChI is InChI=1S/C14H12N2O/c1-17-14-5-3-2-4-12(14)13-10-11(6-8-15)7-9-16-13/h2-5,7,9-10H,6H2,1H3. The summed E-state index contributed by atoms with van der Waals surface area (Å²) >= 11 is 0. The van der Waals surface area contributed by atoms with Crippen LogP contribution in [0.1, 0.15) is 5.56 Å². The van der Waals surface area contributed by atoms with Gasteiger partial charge >= 0.3 is 0 Å². The van der Waals surface area contributed by atoms with Crippen molar-refractivity contribution in [2.75, 3.05) is 7.11 Å². The lowest BCUT2D eigenvalue weighted by molar-refractivity contribution is 0.416. The van der Waals surface area contributed by atoms with Crippen molar-refractivity contribution < 1.29 is 4.74 Å². The van der Waals surface area contributed by atoms with Gasteiger partial charge in [-0.1, -0.05) is 12.1 Å². The van der Waals surface area contributed by atoms with Gasteiger partial charge in [-0.05, 0) is 29.8 Å². The fourth-order valence-electron chi connectivity index (χ4n) is 1.68. The van der Waals surface area contributed by atoms with E-state index in [1.54, 1.807) is 13.3 Å². The summed E-state index contributed by atoms with van der Waals surface area (Å²) in [6.07, 6.45) is 2.11. The van der Waals surface area contributed by atoms with Crippen LogP contribution in [0.4, 0.5) is 0 Å². The van der Waals surface area contributed by atoms with E-state index in [0.717, 1.165) is 22.6 Å². The van der Waals surface area contributed by atoms with Crippen molar-refractivity contribution in [2.24, 2.45) is 0 Å². The van der Waals surface area contributed by atoms with E-state index in [-0.39, 0.29) is 0 Å². The number of nitriles is 1. The summed E-state index contributed by atoms with van der Waals surface area (Å²) in [6.45, 7) is 0. The second kappa shape index (κ2) is 5.13. The van der Waals surface area contributed by atoms with Crippen LogP contribution in [-0.4, -0.2) is 12.1 Å². The molecule has 1 aromatic carbocycles. The summed E-state index contributed by atoms with van der Waals surface area (Å²) in [5, 5.41) is 8.69. The van der Waals surface area contributed by atoms with Crippen molar-refractivity contribution in [1.29, 1.82) is 5.26 Å². The predicted octanol–water partition coefficient (Wildman–Crippen LogP) is 2.82. The van der Waals surface area contributed by atoms with E-state index in [1.807, 2.05) is 36.4 Å². The highest BCUT2D eigenvalue weighted by atomic mass is 16.5. The molecule has 1 heterocycles. The fraction of sp³-hybridized carbons (Fsp3) is 0.143. The lowest BCUT2D eigenvalue weighted by atomic mass is 10.1. The highest BCUT2D eigenvalue weighted by Crippen LogP contribution is 2.28. The van der Waals surface area contributed by atoms with Gasteiger partial charge < -0.3 is 4.74 Å². The van der Waals surface area contributed by atoms with E-state index >= 15 is 0 Å². The van der Waals surface area contributed by atoms with E-state index in [4.69, 9.17) is 10.00 Å². The maximum absolute atomic E-state index is 8.69. The molecule has 0 bridgehead atoms. The first-order chi connectivity index (χ1) is 8.35. The van der Waals surface area contributed by atoms with Crippen LogP contribution >= 0.6 is 0 Å². The number of rotatable bonds is 3. The quantitative estimate of drug-likeness (QED) is 0.805. The Hall–Kier alpha value is -2.34. The highest BCUT2D eigenvalue weighted by molar-refractivity contribution is 5.67. The molecule has 0 aliphatic carbocycles. The minimum atomic E-state index is 0.394. The van der Waals surface area contributed by atoms with Gasteiger partial charge in [-0.3, -0.25) is 4.98 Å². The Morgan fingerprint density at radius 1 is 1.29 bits per heavy atom. The molecule has 2 rings (SSSR count). The van der Waals surface area contributed by atoms with E-state index in [9.17, 15) is 0 Å². The smallest absolute Gasteiger partial charge is 0.128 e. The highest BCUT2D eigenvalue weighted by Gasteiger charge is 2.06. The molecule has 17 heavy (non-hydrogen) atoms. The zero-order valence-corrected chi connectivity index (χ0v) is 9.55. The van der Waals surface area contributed by atoms with Gasteiger partial charge in [-0.25, -0.2) is 0 Å². The Kier molecular flexibility index (Phi) is 3.37. The molecular weight excluding hydrogens is 212 g/mol. The summed E-state index contributed by atoms with van der Waals surface area (Å²) in [4.78, 5) is 4.31. The van der Waals surface area contributed by atoms with Gasteiger partial charge in [-0.15, -0.1) is 0 Å². The Morgan fingerprint density at radius 2 is 2.12 bits per heavy atom. The molecule has 0 amide bonds. The molecule has 1 aromatic heterocycles. The number of aromatic nitrogens is 1. The molecule has 0 radical (unpaired) electrons. The summed E-state index contributed by atoms with van der Waals surface area (Å²) in [5.74, 6) is 0.786. The SMILES string of the molecule is COc1ccccc1-c1cc(CC#N)ccn1. The first kappa shape index (κ1) is 11.2. The number of benzene rings is 1. The van der Waals surface area contributed by atoms with E-state index < -0.39 is 0 Å². The van der Waals surface area contributed by atoms with Gasteiger partial charge in [0.2, 0.25) is 0 Å². The van der Waals surface area contributed by atoms with Crippen LogP contribution in [0.3, 0.4) is 0 Å². The van der Waals surface area contributed by atoms with Crippen molar-refractivity contribution in [2.45, 2.75) is 6.42 Å². The van der Waals surface area contributed by atoms with Crippen LogP contribution in [-0.2, 0) is 6.42 Å². The summed E-state index contributed by atoms with van der Waals surface area (Å²) < 4.78 is 5.29. The molecule has 0 aliphatic rings. The van der Waals surface area contributed by atoms with Gasteiger partial charge in [0.15, 0.2) is 0 Å². The number of pyridine rings is 1. The number of nitrogens with zero attached hydrogens (tertiary/aromatic N) is 2. The molecule has 0 N–H and O–H groups in total. The monoisotopic (exact) mass is 224 g/mol. The van der Waals surface area contributed by atoms with E-state index in [0.29, 0.717) is 6.42 Å². The summed E-state index contributed by atoms with van der Waals surface area (Å²) in [7, 11) is 1.64. The van der Waals surface area contributed by atoms with Crippen LogP contribution in [0.5, 0.6) is 5.75 Å². The van der Waals surface area contributed by atoms with Crippen molar-refractivity contribution >= 4 is 0 Å². The average molecular weight is 224 g/mol. The molecule has 84 valence electrons. The van der Waals surface area contributed by atoms with Crippen LogP contribution in [0.15, 0.2) is 42.6 Å². The first-order valence-corrected chi connectivity index (χ1v) is 5.30. The molecule has 0 fully saturated rings. The second-order valence-corrected chi connectivity index (χ2v) is 3.58. The van der Waals surface area contributed by atoms with E-state index in [2.05, 4.69) is 11.1 Å². The average Bonchev–Trinajstić information content (AvgIpc) is 2.39. The normalized spacial score (nSPS) is 9.65. The molecule has 0 aliphatic heterocycles. The number of methoxy groups -OCH3 is 1. The zero-order chi connectivity index (χ0) is 12.1. The molecule has 3 heteroatoms. The molecule has 0 spiro atoms. The van der Waals surface area contributed by atoms with Crippen molar-refractivity contribution in [1.82, 2.24) is 4.98 Å². The van der Waals surface area contributed by atoms with Gasteiger partial charge in [0.1, 0.15) is 5.75 Å². The Bertz CT molecular complexity index is 558. The predicted molar refractivity (Wildman–Crippen MR) is 65.5 cm³/mol. The van der Waals surface area contributed by atoms with E-state index in [1.165, 1.54) is 0 Å². The Morgan fingerprint density at radius 3 is 2.88 bits per heavy atom. The minimum absolute atomic E-state index is 0.394. The van der Waals surface area contributed by atoms with Crippen LogP contribution in [0, 0.1) is 11.3 Å². The summed E-state index contributed by atoms with van der Waals surface area (Å²) in [5.41, 5.74) is 2.73. The number of ether oxygens (including phenoxy) is 1. The number of hydrogen-bond donors (Lipinski definition) is 0. The molecule has 0 atom stereocenters. The third-order valence-corrected chi connectivity index (χ3v) is 2.49. The van der Waals surface area contributed by atoms with Crippen molar-refractivity contribution in [3.63, 3.8) is 0 Å². The third-order valence-electron chi connectivity index (χ3n) is 2.49. The number of para-hydroxylation sites is 1.